The Morgan fingerprint density at radius 3 is 2.45 bits per heavy atom. The van der Waals surface area contributed by atoms with Crippen LogP contribution in [0.3, 0.4) is 0 Å². The smallest absolute Gasteiger partial charge is 0.191 e. The van der Waals surface area contributed by atoms with Crippen molar-refractivity contribution < 1.29 is 8.42 Å². The summed E-state index contributed by atoms with van der Waals surface area (Å²) in [6.07, 6.45) is 6.67. The SMILES string of the molecule is CCNC(=NCc1ccc(-n2ccnc2C)nc1)NCc1ccc(S(C)(=O)=O)c(C)c1. The quantitative estimate of drug-likeness (QED) is 0.433. The Balaban J connectivity index is 1.65. The molecule has 0 bridgehead atoms. The number of aromatic nitrogens is 3. The Bertz CT molecular complexity index is 1170. The summed E-state index contributed by atoms with van der Waals surface area (Å²) < 4.78 is 25.5. The molecule has 3 aromatic rings. The highest BCUT2D eigenvalue weighted by molar-refractivity contribution is 7.90. The standard InChI is InChI=1S/C22H28N6O2S/c1-5-23-22(26-13-18-6-8-20(16(2)12-18)31(4,29)30)27-15-19-7-9-21(25-14-19)28-11-10-24-17(28)3/h6-12,14H,5,13,15H2,1-4H3,(H2,23,26,27). The fraction of sp³-hybridized carbons (Fsp3) is 0.318. The highest BCUT2D eigenvalue weighted by Gasteiger charge is 2.11. The summed E-state index contributed by atoms with van der Waals surface area (Å²) in [7, 11) is -3.22. The van der Waals surface area contributed by atoms with Gasteiger partial charge in [0.25, 0.3) is 0 Å². The number of guanidine groups is 1. The number of pyridine rings is 1. The van der Waals surface area contributed by atoms with Crippen LogP contribution in [0.1, 0.15) is 29.4 Å². The molecule has 2 heterocycles. The van der Waals surface area contributed by atoms with Gasteiger partial charge in [0.2, 0.25) is 0 Å². The zero-order valence-electron chi connectivity index (χ0n) is 18.3. The van der Waals surface area contributed by atoms with E-state index in [0.717, 1.165) is 34.9 Å². The van der Waals surface area contributed by atoms with Gasteiger partial charge in [-0.15, -0.1) is 0 Å². The molecule has 0 fully saturated rings. The van der Waals surface area contributed by atoms with Gasteiger partial charge in [0.1, 0.15) is 11.6 Å². The number of nitrogens with one attached hydrogen (secondary N) is 2. The zero-order chi connectivity index (χ0) is 22.4. The summed E-state index contributed by atoms with van der Waals surface area (Å²) in [6.45, 7) is 7.50. The van der Waals surface area contributed by atoms with Crippen molar-refractivity contribution in [1.82, 2.24) is 25.2 Å². The molecule has 0 saturated heterocycles. The molecule has 0 radical (unpaired) electrons. The molecule has 1 aromatic carbocycles. The molecule has 0 aliphatic rings. The van der Waals surface area contributed by atoms with Gasteiger partial charge in [-0.05, 0) is 49.6 Å². The van der Waals surface area contributed by atoms with Crippen molar-refractivity contribution in [2.75, 3.05) is 12.8 Å². The van der Waals surface area contributed by atoms with E-state index in [4.69, 9.17) is 0 Å². The molecule has 9 heteroatoms. The van der Waals surface area contributed by atoms with Gasteiger partial charge in [-0.1, -0.05) is 18.2 Å². The van der Waals surface area contributed by atoms with Crippen LogP contribution in [0.25, 0.3) is 5.82 Å². The third-order valence-corrected chi connectivity index (χ3v) is 6.00. The van der Waals surface area contributed by atoms with E-state index >= 15 is 0 Å². The second kappa shape index (κ2) is 9.74. The molecule has 164 valence electrons. The number of benzene rings is 1. The summed E-state index contributed by atoms with van der Waals surface area (Å²) in [5.41, 5.74) is 2.72. The summed E-state index contributed by atoms with van der Waals surface area (Å²) in [4.78, 5) is 13.7. The number of aliphatic imine (C=N–C) groups is 1. The zero-order valence-corrected chi connectivity index (χ0v) is 19.1. The van der Waals surface area contributed by atoms with E-state index in [-0.39, 0.29) is 0 Å². The van der Waals surface area contributed by atoms with Crippen molar-refractivity contribution in [3.8, 4) is 5.82 Å². The van der Waals surface area contributed by atoms with Gasteiger partial charge in [-0.25, -0.2) is 23.4 Å². The Kier molecular flexibility index (Phi) is 7.06. The van der Waals surface area contributed by atoms with Crippen LogP contribution in [0.5, 0.6) is 0 Å². The topological polar surface area (TPSA) is 101 Å². The molecule has 3 rings (SSSR count). The second-order valence-electron chi connectivity index (χ2n) is 7.29. The average Bonchev–Trinajstić information content (AvgIpc) is 3.15. The van der Waals surface area contributed by atoms with Crippen molar-refractivity contribution in [1.29, 1.82) is 0 Å². The van der Waals surface area contributed by atoms with Crippen molar-refractivity contribution in [3.63, 3.8) is 0 Å². The number of hydrogen-bond acceptors (Lipinski definition) is 5. The lowest BCUT2D eigenvalue weighted by molar-refractivity contribution is 0.601. The van der Waals surface area contributed by atoms with Crippen LogP contribution in [0.2, 0.25) is 0 Å². The number of rotatable bonds is 7. The predicted octanol–water partition coefficient (Wildman–Crippen LogP) is 2.54. The van der Waals surface area contributed by atoms with Crippen LogP contribution in [-0.4, -0.2) is 41.7 Å². The van der Waals surface area contributed by atoms with Gasteiger partial charge in [0.05, 0.1) is 11.4 Å². The first-order chi connectivity index (χ1) is 14.8. The predicted molar refractivity (Wildman–Crippen MR) is 122 cm³/mol. The maximum Gasteiger partial charge on any atom is 0.191 e. The molecule has 0 aliphatic heterocycles. The normalized spacial score (nSPS) is 12.1. The first kappa shape index (κ1) is 22.5. The third-order valence-electron chi connectivity index (χ3n) is 4.74. The lowest BCUT2D eigenvalue weighted by Gasteiger charge is -2.13. The minimum atomic E-state index is -3.22. The summed E-state index contributed by atoms with van der Waals surface area (Å²) in [5.74, 6) is 2.39. The van der Waals surface area contributed by atoms with Gasteiger partial charge in [0.15, 0.2) is 15.8 Å². The lowest BCUT2D eigenvalue weighted by Crippen LogP contribution is -2.36. The molecule has 0 saturated carbocycles. The van der Waals surface area contributed by atoms with Gasteiger partial charge in [-0.2, -0.15) is 0 Å². The van der Waals surface area contributed by atoms with Crippen LogP contribution < -0.4 is 10.6 Å². The van der Waals surface area contributed by atoms with Crippen LogP contribution in [-0.2, 0) is 22.9 Å². The fourth-order valence-corrected chi connectivity index (χ4v) is 4.17. The molecular weight excluding hydrogens is 412 g/mol. The molecule has 0 spiro atoms. The number of aryl methyl sites for hydroxylation is 2. The highest BCUT2D eigenvalue weighted by atomic mass is 32.2. The third kappa shape index (κ3) is 5.91. The fourth-order valence-electron chi connectivity index (χ4n) is 3.21. The van der Waals surface area contributed by atoms with Crippen LogP contribution in [0, 0.1) is 13.8 Å². The summed E-state index contributed by atoms with van der Waals surface area (Å²) in [6, 6.07) is 9.31. The Morgan fingerprint density at radius 1 is 1.10 bits per heavy atom. The molecule has 31 heavy (non-hydrogen) atoms. The van der Waals surface area contributed by atoms with Gasteiger partial charge >= 0.3 is 0 Å². The Morgan fingerprint density at radius 2 is 1.87 bits per heavy atom. The summed E-state index contributed by atoms with van der Waals surface area (Å²) >= 11 is 0. The minimum absolute atomic E-state index is 0.360. The number of imidazole rings is 1. The van der Waals surface area contributed by atoms with Gasteiger partial charge < -0.3 is 10.6 Å². The van der Waals surface area contributed by atoms with E-state index in [0.29, 0.717) is 23.9 Å². The van der Waals surface area contributed by atoms with Crippen molar-refractivity contribution in [2.45, 2.75) is 38.8 Å². The first-order valence-electron chi connectivity index (χ1n) is 10.0. The molecule has 8 nitrogen and oxygen atoms in total. The van der Waals surface area contributed by atoms with Gasteiger partial charge in [0, 0.05) is 37.9 Å². The van der Waals surface area contributed by atoms with Gasteiger partial charge in [-0.3, -0.25) is 4.57 Å². The van der Waals surface area contributed by atoms with Crippen molar-refractivity contribution in [2.24, 2.45) is 4.99 Å². The average molecular weight is 441 g/mol. The Labute approximate surface area is 183 Å². The maximum atomic E-state index is 11.8. The van der Waals surface area contributed by atoms with Crippen LogP contribution in [0.4, 0.5) is 0 Å². The number of nitrogens with zero attached hydrogens (tertiary/aromatic N) is 4. The van der Waals surface area contributed by atoms with E-state index < -0.39 is 9.84 Å². The maximum absolute atomic E-state index is 11.8. The van der Waals surface area contributed by atoms with E-state index in [1.807, 2.05) is 55.1 Å². The van der Waals surface area contributed by atoms with E-state index in [2.05, 4.69) is 25.6 Å². The van der Waals surface area contributed by atoms with Crippen molar-refractivity contribution >= 4 is 15.8 Å². The lowest BCUT2D eigenvalue weighted by atomic mass is 10.1. The second-order valence-corrected chi connectivity index (χ2v) is 9.27. The highest BCUT2D eigenvalue weighted by Crippen LogP contribution is 2.16. The molecule has 0 amide bonds. The van der Waals surface area contributed by atoms with E-state index in [9.17, 15) is 8.42 Å². The first-order valence-corrected chi connectivity index (χ1v) is 11.9. The summed E-state index contributed by atoms with van der Waals surface area (Å²) in [5, 5.41) is 6.52. The van der Waals surface area contributed by atoms with E-state index in [1.165, 1.54) is 6.26 Å². The Hall–Kier alpha value is -3.20. The van der Waals surface area contributed by atoms with E-state index in [1.54, 1.807) is 19.2 Å². The monoisotopic (exact) mass is 440 g/mol. The molecule has 0 atom stereocenters. The number of sulfone groups is 1. The van der Waals surface area contributed by atoms with Crippen LogP contribution >= 0.6 is 0 Å². The molecule has 0 aliphatic carbocycles. The van der Waals surface area contributed by atoms with Crippen LogP contribution in [0.15, 0.2) is 58.8 Å². The molecule has 2 N–H and O–H groups in total. The largest absolute Gasteiger partial charge is 0.357 e. The minimum Gasteiger partial charge on any atom is -0.357 e. The molecular formula is C22H28N6O2S. The van der Waals surface area contributed by atoms with Crippen molar-refractivity contribution in [3.05, 3.63) is 71.4 Å². The number of hydrogen-bond donors (Lipinski definition) is 2. The molecule has 0 unspecified atom stereocenters. The molecule has 2 aromatic heterocycles.